The molecule has 0 spiro atoms. The van der Waals surface area contributed by atoms with E-state index in [9.17, 15) is 26.4 Å². The highest BCUT2D eigenvalue weighted by molar-refractivity contribution is 7.89. The number of carbonyl (C=O) groups is 1. The van der Waals surface area contributed by atoms with Crippen LogP contribution in [0.3, 0.4) is 0 Å². The largest absolute Gasteiger partial charge is 0.465 e. The normalized spacial score (nSPS) is 21.8. The van der Waals surface area contributed by atoms with Crippen molar-refractivity contribution in [2.75, 3.05) is 20.2 Å². The van der Waals surface area contributed by atoms with Gasteiger partial charge in [0.25, 0.3) is 0 Å². The van der Waals surface area contributed by atoms with Gasteiger partial charge in [-0.15, -0.1) is 12.4 Å². The van der Waals surface area contributed by atoms with E-state index in [1.165, 1.54) is 0 Å². The molecule has 1 aliphatic rings. The maximum atomic E-state index is 13.3. The number of alkyl halides is 3. The molecule has 0 aliphatic carbocycles. The Morgan fingerprint density at radius 3 is 2.23 bits per heavy atom. The van der Waals surface area contributed by atoms with Crippen molar-refractivity contribution in [2.24, 2.45) is 0 Å². The molecule has 11 heteroatoms. The number of methoxy groups -OCH3 is 1. The van der Waals surface area contributed by atoms with E-state index in [2.05, 4.69) is 10.1 Å². The number of carbonyl (C=O) groups excluding carboxylic acids is 1. The van der Waals surface area contributed by atoms with E-state index < -0.39 is 38.2 Å². The van der Waals surface area contributed by atoms with E-state index >= 15 is 0 Å². The summed E-state index contributed by atoms with van der Waals surface area (Å²) in [7, 11) is -3.16. The number of nitrogens with zero attached hydrogens (tertiary/aromatic N) is 1. The monoisotopic (exact) mass is 416 g/mol. The number of esters is 1. The molecule has 2 atom stereocenters. The van der Waals surface area contributed by atoms with Gasteiger partial charge in [0.15, 0.2) is 0 Å². The zero-order valence-corrected chi connectivity index (χ0v) is 16.0. The Labute approximate surface area is 156 Å². The first kappa shape index (κ1) is 22.7. The molecular weight excluding hydrogens is 397 g/mol. The lowest BCUT2D eigenvalue weighted by molar-refractivity contribution is -0.138. The Kier molecular flexibility index (Phi) is 7.08. The quantitative estimate of drug-likeness (QED) is 0.765. The van der Waals surface area contributed by atoms with Crippen molar-refractivity contribution in [3.8, 4) is 0 Å². The minimum Gasteiger partial charge on any atom is -0.465 e. The molecule has 1 heterocycles. The van der Waals surface area contributed by atoms with Gasteiger partial charge in [-0.1, -0.05) is 0 Å². The SMILES string of the molecule is COC(=O)c1ccc(S(=O)(=O)N2CC(C)NC(C)C2)cc1C(F)(F)F.Cl. The van der Waals surface area contributed by atoms with Crippen LogP contribution < -0.4 is 5.32 Å². The Bertz CT molecular complexity index is 761. The second kappa shape index (κ2) is 8.12. The van der Waals surface area contributed by atoms with Crippen molar-refractivity contribution in [3.05, 3.63) is 29.3 Å². The lowest BCUT2D eigenvalue weighted by Crippen LogP contribution is -2.55. The third-order valence-corrected chi connectivity index (χ3v) is 5.69. The first-order valence-electron chi connectivity index (χ1n) is 7.52. The first-order chi connectivity index (χ1) is 11.5. The van der Waals surface area contributed by atoms with Crippen LogP contribution in [0.5, 0.6) is 0 Å². The van der Waals surface area contributed by atoms with Crippen molar-refractivity contribution in [3.63, 3.8) is 0 Å². The smallest absolute Gasteiger partial charge is 0.417 e. The summed E-state index contributed by atoms with van der Waals surface area (Å²) in [6, 6.07) is 2.05. The minimum absolute atomic E-state index is 0. The van der Waals surface area contributed by atoms with Crippen molar-refractivity contribution in [1.29, 1.82) is 0 Å². The number of ether oxygens (including phenoxy) is 1. The predicted molar refractivity (Wildman–Crippen MR) is 90.9 cm³/mol. The van der Waals surface area contributed by atoms with Crippen LogP contribution in [0, 0.1) is 0 Å². The number of benzene rings is 1. The van der Waals surface area contributed by atoms with Gasteiger partial charge in [-0.25, -0.2) is 13.2 Å². The van der Waals surface area contributed by atoms with Gasteiger partial charge in [0.1, 0.15) is 0 Å². The third kappa shape index (κ3) is 4.67. The summed E-state index contributed by atoms with van der Waals surface area (Å²) in [6.07, 6.45) is -4.89. The highest BCUT2D eigenvalue weighted by atomic mass is 35.5. The van der Waals surface area contributed by atoms with Crippen LogP contribution in [-0.4, -0.2) is 51.0 Å². The van der Waals surface area contributed by atoms with E-state index in [0.717, 1.165) is 23.5 Å². The molecule has 2 unspecified atom stereocenters. The van der Waals surface area contributed by atoms with Crippen LogP contribution in [0.25, 0.3) is 0 Å². The summed E-state index contributed by atoms with van der Waals surface area (Å²) in [5.74, 6) is -1.18. The number of halogens is 4. The lowest BCUT2D eigenvalue weighted by atomic mass is 10.1. The molecule has 0 amide bonds. The van der Waals surface area contributed by atoms with Gasteiger partial charge < -0.3 is 10.1 Å². The molecule has 0 aromatic heterocycles. The predicted octanol–water partition coefficient (Wildman–Crippen LogP) is 2.28. The molecule has 1 aliphatic heterocycles. The first-order valence-corrected chi connectivity index (χ1v) is 8.96. The molecule has 0 bridgehead atoms. The number of hydrogen-bond acceptors (Lipinski definition) is 5. The molecule has 148 valence electrons. The van der Waals surface area contributed by atoms with Gasteiger partial charge in [-0.05, 0) is 32.0 Å². The van der Waals surface area contributed by atoms with Crippen LogP contribution in [0.2, 0.25) is 0 Å². The summed E-state index contributed by atoms with van der Waals surface area (Å²) in [5, 5.41) is 3.15. The van der Waals surface area contributed by atoms with Gasteiger partial charge >= 0.3 is 12.1 Å². The van der Waals surface area contributed by atoms with Gasteiger partial charge in [-0.3, -0.25) is 0 Å². The maximum absolute atomic E-state index is 13.3. The molecule has 1 aromatic carbocycles. The fourth-order valence-electron chi connectivity index (χ4n) is 2.83. The molecule has 6 nitrogen and oxygen atoms in total. The minimum atomic E-state index is -4.89. The van der Waals surface area contributed by atoms with Gasteiger partial charge in [0, 0.05) is 25.2 Å². The topological polar surface area (TPSA) is 75.7 Å². The lowest BCUT2D eigenvalue weighted by Gasteiger charge is -2.35. The van der Waals surface area contributed by atoms with E-state index in [0.29, 0.717) is 6.07 Å². The molecule has 26 heavy (non-hydrogen) atoms. The number of hydrogen-bond donors (Lipinski definition) is 1. The van der Waals surface area contributed by atoms with Crippen molar-refractivity contribution < 1.29 is 31.1 Å². The summed E-state index contributed by atoms with van der Waals surface area (Å²) < 4.78 is 70.7. The Morgan fingerprint density at radius 2 is 1.77 bits per heavy atom. The zero-order valence-electron chi connectivity index (χ0n) is 14.3. The molecule has 1 N–H and O–H groups in total. The van der Waals surface area contributed by atoms with Crippen LogP contribution in [0.1, 0.15) is 29.8 Å². The van der Waals surface area contributed by atoms with Gasteiger partial charge in [0.05, 0.1) is 23.1 Å². The fourth-order valence-corrected chi connectivity index (χ4v) is 4.47. The third-order valence-electron chi connectivity index (χ3n) is 3.86. The molecular formula is C15H20ClF3N2O4S. The van der Waals surface area contributed by atoms with Crippen molar-refractivity contribution in [2.45, 2.75) is 37.0 Å². The van der Waals surface area contributed by atoms with Crippen molar-refractivity contribution in [1.82, 2.24) is 9.62 Å². The Balaban J connectivity index is 0.00000338. The summed E-state index contributed by atoms with van der Waals surface area (Å²) in [5.41, 5.74) is -2.06. The average molecular weight is 417 g/mol. The number of piperazine rings is 1. The van der Waals surface area contributed by atoms with E-state index in [1.807, 2.05) is 0 Å². The van der Waals surface area contributed by atoms with Crippen LogP contribution >= 0.6 is 12.4 Å². The van der Waals surface area contributed by atoms with Crippen LogP contribution in [-0.2, 0) is 20.9 Å². The molecule has 1 aromatic rings. The van der Waals surface area contributed by atoms with Crippen molar-refractivity contribution >= 4 is 28.4 Å². The van der Waals surface area contributed by atoms with Gasteiger partial charge in [-0.2, -0.15) is 17.5 Å². The molecule has 1 saturated heterocycles. The molecule has 0 radical (unpaired) electrons. The second-order valence-corrected chi connectivity index (χ2v) is 7.93. The highest BCUT2D eigenvalue weighted by Gasteiger charge is 2.38. The van der Waals surface area contributed by atoms with Crippen LogP contribution in [0.4, 0.5) is 13.2 Å². The van der Waals surface area contributed by atoms with E-state index in [1.54, 1.807) is 13.8 Å². The van der Waals surface area contributed by atoms with E-state index in [-0.39, 0.29) is 37.6 Å². The van der Waals surface area contributed by atoms with Crippen LogP contribution in [0.15, 0.2) is 23.1 Å². The number of sulfonamides is 1. The fraction of sp³-hybridized carbons (Fsp3) is 0.533. The summed E-state index contributed by atoms with van der Waals surface area (Å²) in [4.78, 5) is 11.0. The van der Waals surface area contributed by atoms with Gasteiger partial charge in [0.2, 0.25) is 10.0 Å². The van der Waals surface area contributed by atoms with E-state index in [4.69, 9.17) is 0 Å². The molecule has 0 saturated carbocycles. The Morgan fingerprint density at radius 1 is 1.23 bits per heavy atom. The zero-order chi connectivity index (χ0) is 19.0. The second-order valence-electron chi connectivity index (χ2n) is 5.99. The maximum Gasteiger partial charge on any atom is 0.417 e. The average Bonchev–Trinajstić information content (AvgIpc) is 2.51. The number of nitrogens with one attached hydrogen (secondary N) is 1. The Hall–Kier alpha value is -1.36. The molecule has 2 rings (SSSR count). The highest BCUT2D eigenvalue weighted by Crippen LogP contribution is 2.34. The molecule has 1 fully saturated rings. The summed E-state index contributed by atoms with van der Waals surface area (Å²) >= 11 is 0. The number of rotatable bonds is 3. The summed E-state index contributed by atoms with van der Waals surface area (Å²) in [6.45, 7) is 3.87. The standard InChI is InChI=1S/C15H19F3N2O4S.ClH/c1-9-7-20(8-10(2)19-9)25(22,23)11-4-5-12(14(21)24-3)13(6-11)15(16,17)18;/h4-6,9-10,19H,7-8H2,1-3H3;1H.